The van der Waals surface area contributed by atoms with Crippen LogP contribution >= 0.6 is 0 Å². The Kier molecular flexibility index (Phi) is 6.05. The van der Waals surface area contributed by atoms with Crippen LogP contribution in [0.1, 0.15) is 33.6 Å². The number of nitrogens with zero attached hydrogens (tertiary/aromatic N) is 2. The molecule has 1 fully saturated rings. The van der Waals surface area contributed by atoms with Crippen molar-refractivity contribution in [1.29, 1.82) is 0 Å². The molecule has 1 rings (SSSR count). The third-order valence-corrected chi connectivity index (χ3v) is 3.62. The number of nitrogens with one attached hydrogen (secondary N) is 1. The second-order valence-corrected chi connectivity index (χ2v) is 6.78. The zero-order chi connectivity index (χ0) is 13.8. The van der Waals surface area contributed by atoms with Crippen molar-refractivity contribution in [2.45, 2.75) is 51.3 Å². The molecule has 4 nitrogen and oxygen atoms in total. The van der Waals surface area contributed by atoms with E-state index in [1.165, 1.54) is 12.8 Å². The minimum Gasteiger partial charge on any atom is -0.390 e. The SMILES string of the molecule is CN(C)C1CCN(CC(O)CNC(C)(C)C)CC1. The molecule has 0 bridgehead atoms. The molecule has 0 aromatic heterocycles. The maximum absolute atomic E-state index is 10.0. The van der Waals surface area contributed by atoms with Gasteiger partial charge in [0.2, 0.25) is 0 Å². The minimum absolute atomic E-state index is 0.0822. The van der Waals surface area contributed by atoms with Gasteiger partial charge in [0.1, 0.15) is 0 Å². The van der Waals surface area contributed by atoms with Gasteiger partial charge in [-0.25, -0.2) is 0 Å². The van der Waals surface area contributed by atoms with Gasteiger partial charge in [-0.3, -0.25) is 0 Å². The van der Waals surface area contributed by atoms with Crippen molar-refractivity contribution >= 4 is 0 Å². The van der Waals surface area contributed by atoms with E-state index >= 15 is 0 Å². The first kappa shape index (κ1) is 15.9. The second-order valence-electron chi connectivity index (χ2n) is 6.78. The van der Waals surface area contributed by atoms with Gasteiger partial charge in [-0.2, -0.15) is 0 Å². The van der Waals surface area contributed by atoms with E-state index < -0.39 is 0 Å². The maximum atomic E-state index is 10.0. The van der Waals surface area contributed by atoms with Crippen LogP contribution in [0.25, 0.3) is 0 Å². The lowest BCUT2D eigenvalue weighted by molar-refractivity contribution is 0.0761. The summed E-state index contributed by atoms with van der Waals surface area (Å²) < 4.78 is 0. The molecule has 1 heterocycles. The van der Waals surface area contributed by atoms with Crippen molar-refractivity contribution in [3.05, 3.63) is 0 Å². The van der Waals surface area contributed by atoms with Gasteiger partial charge in [0.05, 0.1) is 6.10 Å². The predicted octanol–water partition coefficient (Wildman–Crippen LogP) is 0.761. The smallest absolute Gasteiger partial charge is 0.0791 e. The highest BCUT2D eigenvalue weighted by Gasteiger charge is 2.22. The Bertz CT molecular complexity index is 230. The van der Waals surface area contributed by atoms with E-state index in [-0.39, 0.29) is 11.6 Å². The van der Waals surface area contributed by atoms with Gasteiger partial charge in [-0.1, -0.05) is 0 Å². The van der Waals surface area contributed by atoms with Crippen LogP contribution in [-0.2, 0) is 0 Å². The Morgan fingerprint density at radius 1 is 1.28 bits per heavy atom. The van der Waals surface area contributed by atoms with E-state index in [2.05, 4.69) is 50.0 Å². The lowest BCUT2D eigenvalue weighted by Crippen LogP contribution is -2.48. The van der Waals surface area contributed by atoms with Gasteiger partial charge in [0, 0.05) is 24.7 Å². The van der Waals surface area contributed by atoms with Crippen LogP contribution in [0, 0.1) is 0 Å². The summed E-state index contributed by atoms with van der Waals surface area (Å²) in [5.41, 5.74) is 0.0822. The third kappa shape index (κ3) is 6.14. The molecule has 1 atom stereocenters. The summed E-state index contributed by atoms with van der Waals surface area (Å²) in [6, 6.07) is 0.714. The second kappa shape index (κ2) is 6.85. The topological polar surface area (TPSA) is 38.7 Å². The van der Waals surface area contributed by atoms with E-state index in [4.69, 9.17) is 0 Å². The predicted molar refractivity (Wildman–Crippen MR) is 76.9 cm³/mol. The molecule has 0 aromatic carbocycles. The molecular weight excluding hydrogens is 226 g/mol. The van der Waals surface area contributed by atoms with Crippen LogP contribution in [0.3, 0.4) is 0 Å². The number of aliphatic hydroxyl groups is 1. The first-order chi connectivity index (χ1) is 8.28. The molecule has 0 aliphatic carbocycles. The third-order valence-electron chi connectivity index (χ3n) is 3.62. The van der Waals surface area contributed by atoms with Crippen molar-refractivity contribution in [3.63, 3.8) is 0 Å². The summed E-state index contributed by atoms with van der Waals surface area (Å²) >= 11 is 0. The molecule has 2 N–H and O–H groups in total. The van der Waals surface area contributed by atoms with Crippen molar-refractivity contribution in [2.24, 2.45) is 0 Å². The lowest BCUT2D eigenvalue weighted by Gasteiger charge is -2.36. The number of rotatable bonds is 5. The normalized spacial score (nSPS) is 21.5. The molecule has 18 heavy (non-hydrogen) atoms. The zero-order valence-corrected chi connectivity index (χ0v) is 12.7. The Balaban J connectivity index is 2.20. The standard InChI is InChI=1S/C14H31N3O/c1-14(2,3)15-10-13(18)11-17-8-6-12(7-9-17)16(4)5/h12-13,15,18H,6-11H2,1-5H3. The highest BCUT2D eigenvalue weighted by Crippen LogP contribution is 2.14. The fourth-order valence-corrected chi connectivity index (χ4v) is 2.40. The highest BCUT2D eigenvalue weighted by atomic mass is 16.3. The molecular formula is C14H31N3O. The number of piperidine rings is 1. The van der Waals surface area contributed by atoms with Crippen LogP contribution < -0.4 is 5.32 Å². The van der Waals surface area contributed by atoms with Crippen LogP contribution in [-0.4, -0.2) is 72.9 Å². The Hall–Kier alpha value is -0.160. The van der Waals surface area contributed by atoms with Crippen molar-refractivity contribution in [3.8, 4) is 0 Å². The van der Waals surface area contributed by atoms with Crippen LogP contribution in [0.15, 0.2) is 0 Å². The lowest BCUT2D eigenvalue weighted by atomic mass is 10.0. The molecule has 1 unspecified atom stereocenters. The van der Waals surface area contributed by atoms with Gasteiger partial charge >= 0.3 is 0 Å². The molecule has 108 valence electrons. The van der Waals surface area contributed by atoms with Gasteiger partial charge in [-0.05, 0) is 60.8 Å². The molecule has 0 amide bonds. The fourth-order valence-electron chi connectivity index (χ4n) is 2.40. The van der Waals surface area contributed by atoms with Gasteiger partial charge in [0.15, 0.2) is 0 Å². The molecule has 0 radical (unpaired) electrons. The molecule has 1 saturated heterocycles. The Morgan fingerprint density at radius 3 is 2.28 bits per heavy atom. The van der Waals surface area contributed by atoms with Crippen LogP contribution in [0.4, 0.5) is 0 Å². The van der Waals surface area contributed by atoms with Crippen molar-refractivity contribution < 1.29 is 5.11 Å². The molecule has 0 saturated carbocycles. The summed E-state index contributed by atoms with van der Waals surface area (Å²) in [6.45, 7) is 10.1. The number of aliphatic hydroxyl groups excluding tert-OH is 1. The van der Waals surface area contributed by atoms with Gasteiger partial charge < -0.3 is 20.2 Å². The first-order valence-corrected chi connectivity index (χ1v) is 7.10. The van der Waals surface area contributed by atoms with E-state index in [0.717, 1.165) is 19.6 Å². The largest absolute Gasteiger partial charge is 0.390 e. The van der Waals surface area contributed by atoms with Crippen LogP contribution in [0.5, 0.6) is 0 Å². The highest BCUT2D eigenvalue weighted by molar-refractivity contribution is 4.80. The average Bonchev–Trinajstić information content (AvgIpc) is 2.26. The molecule has 4 heteroatoms. The van der Waals surface area contributed by atoms with Gasteiger partial charge in [0.25, 0.3) is 0 Å². The molecule has 0 aromatic rings. The summed E-state index contributed by atoms with van der Waals surface area (Å²) in [5, 5.41) is 13.4. The van der Waals surface area contributed by atoms with E-state index in [0.29, 0.717) is 12.6 Å². The number of likely N-dealkylation sites (tertiary alicyclic amines) is 1. The van der Waals surface area contributed by atoms with Crippen LogP contribution in [0.2, 0.25) is 0 Å². The van der Waals surface area contributed by atoms with E-state index in [1.807, 2.05) is 0 Å². The Morgan fingerprint density at radius 2 is 1.83 bits per heavy atom. The summed E-state index contributed by atoms with van der Waals surface area (Å²) in [4.78, 5) is 4.70. The number of hydrogen-bond acceptors (Lipinski definition) is 4. The van der Waals surface area contributed by atoms with E-state index in [9.17, 15) is 5.11 Å². The summed E-state index contributed by atoms with van der Waals surface area (Å²) in [6.07, 6.45) is 2.17. The molecule has 1 aliphatic rings. The van der Waals surface area contributed by atoms with Crippen molar-refractivity contribution in [2.75, 3.05) is 40.3 Å². The monoisotopic (exact) mass is 257 g/mol. The number of β-amino-alcohol motifs (C(OH)–C–C–N with tert-alkyl or cyclic N) is 1. The zero-order valence-electron chi connectivity index (χ0n) is 12.7. The summed E-state index contributed by atoms with van der Waals surface area (Å²) in [7, 11) is 4.31. The Labute approximate surface area is 112 Å². The first-order valence-electron chi connectivity index (χ1n) is 7.10. The fraction of sp³-hybridized carbons (Fsp3) is 1.00. The minimum atomic E-state index is -0.264. The average molecular weight is 257 g/mol. The molecule has 0 spiro atoms. The maximum Gasteiger partial charge on any atom is 0.0791 e. The number of hydrogen-bond donors (Lipinski definition) is 2. The van der Waals surface area contributed by atoms with Gasteiger partial charge in [-0.15, -0.1) is 0 Å². The van der Waals surface area contributed by atoms with Crippen molar-refractivity contribution in [1.82, 2.24) is 15.1 Å². The van der Waals surface area contributed by atoms with E-state index in [1.54, 1.807) is 0 Å². The summed E-state index contributed by atoms with van der Waals surface area (Å²) in [5.74, 6) is 0. The quantitative estimate of drug-likeness (QED) is 0.763. The molecule has 1 aliphatic heterocycles.